The van der Waals surface area contributed by atoms with E-state index in [9.17, 15) is 14.0 Å². The maximum Gasteiger partial charge on any atom is 0.343 e. The van der Waals surface area contributed by atoms with Gasteiger partial charge in [0.2, 0.25) is 5.67 Å². The van der Waals surface area contributed by atoms with Gasteiger partial charge < -0.3 is 10.0 Å². The number of hydrogen-bond acceptors (Lipinski definition) is 4. The summed E-state index contributed by atoms with van der Waals surface area (Å²) in [5, 5.41) is 11.3. The van der Waals surface area contributed by atoms with Crippen molar-refractivity contribution in [1.82, 2.24) is 9.88 Å². The van der Waals surface area contributed by atoms with Gasteiger partial charge in [-0.1, -0.05) is 20.8 Å². The summed E-state index contributed by atoms with van der Waals surface area (Å²) in [6, 6.07) is 0. The van der Waals surface area contributed by atoms with E-state index in [4.69, 9.17) is 5.11 Å². The number of halogens is 1. The summed E-state index contributed by atoms with van der Waals surface area (Å²) < 4.78 is 13.9. The molecule has 1 fully saturated rings. The third-order valence-corrected chi connectivity index (χ3v) is 4.52. The van der Waals surface area contributed by atoms with Crippen LogP contribution in [-0.2, 0) is 10.2 Å². The van der Waals surface area contributed by atoms with Gasteiger partial charge in [-0.2, -0.15) is 0 Å². The van der Waals surface area contributed by atoms with Crippen LogP contribution in [0.25, 0.3) is 0 Å². The lowest BCUT2D eigenvalue weighted by Gasteiger charge is -2.17. The summed E-state index contributed by atoms with van der Waals surface area (Å²) in [7, 11) is 0. The number of thiazole rings is 1. The number of amides is 1. The smallest absolute Gasteiger partial charge is 0.343 e. The van der Waals surface area contributed by atoms with Crippen molar-refractivity contribution in [2.45, 2.75) is 38.3 Å². The summed E-state index contributed by atoms with van der Waals surface area (Å²) >= 11 is 1.38. The molecule has 2 heterocycles. The first-order chi connectivity index (χ1) is 9.13. The maximum absolute atomic E-state index is 13.9. The first-order valence-electron chi connectivity index (χ1n) is 6.31. The number of carboxylic acids is 1. The van der Waals surface area contributed by atoms with Gasteiger partial charge in [-0.25, -0.2) is 14.2 Å². The molecule has 0 aromatic carbocycles. The van der Waals surface area contributed by atoms with Gasteiger partial charge in [-0.05, 0) is 0 Å². The molecule has 1 N–H and O–H groups in total. The largest absolute Gasteiger partial charge is 0.479 e. The molecule has 20 heavy (non-hydrogen) atoms. The quantitative estimate of drug-likeness (QED) is 0.908. The van der Waals surface area contributed by atoms with Gasteiger partial charge in [-0.15, -0.1) is 11.3 Å². The lowest BCUT2D eigenvalue weighted by molar-refractivity contribution is -0.149. The highest BCUT2D eigenvalue weighted by molar-refractivity contribution is 7.10. The van der Waals surface area contributed by atoms with Gasteiger partial charge in [0, 0.05) is 23.8 Å². The molecular weight excluding hydrogens is 283 g/mol. The van der Waals surface area contributed by atoms with Crippen LogP contribution >= 0.6 is 11.3 Å². The first kappa shape index (κ1) is 14.9. The molecule has 5 nitrogen and oxygen atoms in total. The Kier molecular flexibility index (Phi) is 3.58. The number of carbonyl (C=O) groups is 2. The van der Waals surface area contributed by atoms with E-state index in [2.05, 4.69) is 4.98 Å². The molecule has 1 aromatic rings. The summed E-state index contributed by atoms with van der Waals surface area (Å²) in [5.74, 6) is -1.92. The molecule has 7 heteroatoms. The molecule has 1 aromatic heterocycles. The molecule has 110 valence electrons. The predicted octanol–water partition coefficient (Wildman–Crippen LogP) is 2.08. The van der Waals surface area contributed by atoms with E-state index in [1.807, 2.05) is 20.8 Å². The number of likely N-dealkylation sites (tertiary alicyclic amines) is 1. The van der Waals surface area contributed by atoms with Crippen molar-refractivity contribution < 1.29 is 19.1 Å². The monoisotopic (exact) mass is 300 g/mol. The molecule has 1 saturated heterocycles. The number of carbonyl (C=O) groups excluding carboxylic acids is 1. The number of aromatic nitrogens is 1. The van der Waals surface area contributed by atoms with Gasteiger partial charge in [0.15, 0.2) is 0 Å². The van der Waals surface area contributed by atoms with E-state index in [1.54, 1.807) is 5.38 Å². The molecule has 0 radical (unpaired) electrons. The standard InChI is InChI=1S/C13H17FN2O3S/c1-12(2,3)10-15-8(6-20-10)9(17)16-5-4-13(14,7-16)11(18)19/h6H,4-5,7H2,1-3H3,(H,18,19). The lowest BCUT2D eigenvalue weighted by Crippen LogP contribution is -2.39. The van der Waals surface area contributed by atoms with Crippen molar-refractivity contribution in [1.29, 1.82) is 0 Å². The number of hydrogen-bond donors (Lipinski definition) is 1. The summed E-state index contributed by atoms with van der Waals surface area (Å²) in [6.45, 7) is 5.67. The second-order valence-corrected chi connectivity index (χ2v) is 6.89. The zero-order valence-corrected chi connectivity index (χ0v) is 12.5. The van der Waals surface area contributed by atoms with E-state index in [1.165, 1.54) is 16.2 Å². The average molecular weight is 300 g/mol. The Morgan fingerprint density at radius 1 is 1.50 bits per heavy atom. The number of nitrogens with zero attached hydrogens (tertiary/aromatic N) is 2. The van der Waals surface area contributed by atoms with Gasteiger partial charge in [-0.3, -0.25) is 4.79 Å². The van der Waals surface area contributed by atoms with E-state index in [0.717, 1.165) is 5.01 Å². The third-order valence-electron chi connectivity index (χ3n) is 3.25. The number of aliphatic carboxylic acids is 1. The average Bonchev–Trinajstić information content (AvgIpc) is 2.94. The van der Waals surface area contributed by atoms with Crippen molar-refractivity contribution in [3.05, 3.63) is 16.1 Å². The second kappa shape index (κ2) is 4.80. The van der Waals surface area contributed by atoms with Crippen molar-refractivity contribution in [2.75, 3.05) is 13.1 Å². The molecule has 1 aliphatic rings. The van der Waals surface area contributed by atoms with Crippen molar-refractivity contribution in [3.8, 4) is 0 Å². The Balaban J connectivity index is 2.14. The Hall–Kier alpha value is -1.50. The first-order valence-corrected chi connectivity index (χ1v) is 7.19. The minimum Gasteiger partial charge on any atom is -0.479 e. The topological polar surface area (TPSA) is 70.5 Å². The van der Waals surface area contributed by atoms with Gasteiger partial charge >= 0.3 is 5.97 Å². The summed E-state index contributed by atoms with van der Waals surface area (Å²) in [6.07, 6.45) is -0.176. The summed E-state index contributed by atoms with van der Waals surface area (Å²) in [5.41, 5.74) is -2.23. The highest BCUT2D eigenvalue weighted by atomic mass is 32.1. The fraction of sp³-hybridized carbons (Fsp3) is 0.615. The van der Waals surface area contributed by atoms with Crippen LogP contribution in [0.3, 0.4) is 0 Å². The van der Waals surface area contributed by atoms with Gasteiger partial charge in [0.25, 0.3) is 5.91 Å². The normalized spacial score (nSPS) is 23.1. The molecule has 1 unspecified atom stereocenters. The maximum atomic E-state index is 13.9. The fourth-order valence-corrected chi connectivity index (χ4v) is 2.88. The molecule has 0 bridgehead atoms. The number of rotatable bonds is 2. The molecule has 2 rings (SSSR count). The van der Waals surface area contributed by atoms with Crippen LogP contribution in [0.4, 0.5) is 4.39 Å². The van der Waals surface area contributed by atoms with Crippen LogP contribution in [0, 0.1) is 0 Å². The van der Waals surface area contributed by atoms with E-state index in [-0.39, 0.29) is 24.1 Å². The van der Waals surface area contributed by atoms with Crippen LogP contribution in [0.1, 0.15) is 42.7 Å². The Morgan fingerprint density at radius 3 is 2.60 bits per heavy atom. The predicted molar refractivity (Wildman–Crippen MR) is 72.8 cm³/mol. The molecule has 1 amide bonds. The van der Waals surface area contributed by atoms with E-state index < -0.39 is 24.1 Å². The molecule has 1 aliphatic heterocycles. The van der Waals surface area contributed by atoms with Crippen LogP contribution in [0.15, 0.2) is 5.38 Å². The van der Waals surface area contributed by atoms with Crippen molar-refractivity contribution >= 4 is 23.2 Å². The van der Waals surface area contributed by atoms with E-state index >= 15 is 0 Å². The molecule has 0 aliphatic carbocycles. The van der Waals surface area contributed by atoms with Crippen LogP contribution < -0.4 is 0 Å². The van der Waals surface area contributed by atoms with Crippen molar-refractivity contribution in [3.63, 3.8) is 0 Å². The van der Waals surface area contributed by atoms with Crippen LogP contribution in [0.2, 0.25) is 0 Å². The van der Waals surface area contributed by atoms with Crippen LogP contribution in [0.5, 0.6) is 0 Å². The van der Waals surface area contributed by atoms with Gasteiger partial charge in [0.05, 0.1) is 11.6 Å². The minimum absolute atomic E-state index is 0.101. The van der Waals surface area contributed by atoms with Gasteiger partial charge in [0.1, 0.15) is 5.69 Å². The highest BCUT2D eigenvalue weighted by Crippen LogP contribution is 2.29. The Morgan fingerprint density at radius 2 is 2.15 bits per heavy atom. The molecule has 0 spiro atoms. The SMILES string of the molecule is CC(C)(C)c1nc(C(=O)N2CCC(F)(C(=O)O)C2)cs1. The Bertz CT molecular complexity index is 552. The number of carboxylic acid groups (broad SMARTS) is 1. The highest BCUT2D eigenvalue weighted by Gasteiger charge is 2.47. The third kappa shape index (κ3) is 2.67. The summed E-state index contributed by atoms with van der Waals surface area (Å²) in [4.78, 5) is 28.5. The number of alkyl halides is 1. The fourth-order valence-electron chi connectivity index (χ4n) is 2.00. The second-order valence-electron chi connectivity index (χ2n) is 6.04. The van der Waals surface area contributed by atoms with Crippen LogP contribution in [-0.4, -0.2) is 45.6 Å². The molecular formula is C13H17FN2O3S. The zero-order valence-electron chi connectivity index (χ0n) is 11.6. The Labute approximate surface area is 120 Å². The molecule has 1 atom stereocenters. The zero-order chi connectivity index (χ0) is 15.1. The minimum atomic E-state index is -2.33. The van der Waals surface area contributed by atoms with Crippen molar-refractivity contribution in [2.24, 2.45) is 0 Å². The molecule has 0 saturated carbocycles. The van der Waals surface area contributed by atoms with E-state index in [0.29, 0.717) is 0 Å². The lowest BCUT2D eigenvalue weighted by atomic mass is 9.98.